The minimum atomic E-state index is 0.691. The maximum Gasteiger partial charge on any atom is 0.254 e. The molecule has 5 nitrogen and oxygen atoms in total. The molecule has 18 heavy (non-hydrogen) atoms. The first-order valence-electron chi connectivity index (χ1n) is 6.56. The summed E-state index contributed by atoms with van der Waals surface area (Å²) in [6.07, 6.45) is 2.88. The van der Waals surface area contributed by atoms with Gasteiger partial charge in [0.1, 0.15) is 12.1 Å². The molecule has 2 unspecified atom stereocenters. The number of anilines is 1. The number of aryl methyl sites for hydroxylation is 1. The lowest BCUT2D eigenvalue weighted by Gasteiger charge is -2.36. The lowest BCUT2D eigenvalue weighted by molar-refractivity contribution is 0.354. The summed E-state index contributed by atoms with van der Waals surface area (Å²) in [6, 6.07) is 2.10. The van der Waals surface area contributed by atoms with Crippen LogP contribution in [0.1, 0.15) is 26.0 Å². The van der Waals surface area contributed by atoms with E-state index in [2.05, 4.69) is 39.9 Å². The second-order valence-electron chi connectivity index (χ2n) is 5.58. The van der Waals surface area contributed by atoms with Crippen LogP contribution in [0.4, 0.5) is 5.82 Å². The first-order valence-corrected chi connectivity index (χ1v) is 6.56. The number of fused-ring (bicyclic) bond motifs is 1. The average molecular weight is 245 g/mol. The molecule has 2 atom stereocenters. The van der Waals surface area contributed by atoms with Crippen molar-refractivity contribution in [3.63, 3.8) is 0 Å². The van der Waals surface area contributed by atoms with Crippen molar-refractivity contribution >= 4 is 11.6 Å². The van der Waals surface area contributed by atoms with Crippen molar-refractivity contribution in [3.8, 4) is 0 Å². The SMILES string of the molecule is Cc1cc(N2CC(C)CC(C)C2)n2ncnc2n1. The molecule has 5 heteroatoms. The Morgan fingerprint density at radius 1 is 1.22 bits per heavy atom. The Hall–Kier alpha value is -1.65. The van der Waals surface area contributed by atoms with Crippen LogP contribution in [-0.2, 0) is 0 Å². The molecule has 1 aliphatic rings. The summed E-state index contributed by atoms with van der Waals surface area (Å²) in [6.45, 7) is 8.81. The van der Waals surface area contributed by atoms with Gasteiger partial charge in [0.05, 0.1) is 0 Å². The third-order valence-electron chi connectivity index (χ3n) is 3.55. The quantitative estimate of drug-likeness (QED) is 0.770. The van der Waals surface area contributed by atoms with E-state index >= 15 is 0 Å². The van der Waals surface area contributed by atoms with Gasteiger partial charge in [0.2, 0.25) is 0 Å². The minimum absolute atomic E-state index is 0.691. The van der Waals surface area contributed by atoms with E-state index < -0.39 is 0 Å². The van der Waals surface area contributed by atoms with E-state index in [9.17, 15) is 0 Å². The zero-order valence-electron chi connectivity index (χ0n) is 11.2. The van der Waals surface area contributed by atoms with Crippen molar-refractivity contribution < 1.29 is 0 Å². The smallest absolute Gasteiger partial charge is 0.254 e. The van der Waals surface area contributed by atoms with Gasteiger partial charge in [-0.05, 0) is 25.2 Å². The minimum Gasteiger partial charge on any atom is -0.356 e. The van der Waals surface area contributed by atoms with Crippen LogP contribution >= 0.6 is 0 Å². The third kappa shape index (κ3) is 1.94. The fourth-order valence-electron chi connectivity index (χ4n) is 2.99. The normalized spacial score (nSPS) is 24.7. The van der Waals surface area contributed by atoms with Gasteiger partial charge in [-0.2, -0.15) is 14.6 Å². The van der Waals surface area contributed by atoms with Crippen LogP contribution < -0.4 is 4.90 Å². The van der Waals surface area contributed by atoms with Crippen LogP contribution in [0.15, 0.2) is 12.4 Å². The maximum atomic E-state index is 4.39. The first kappa shape index (κ1) is 11.4. The highest BCUT2D eigenvalue weighted by atomic mass is 15.4. The van der Waals surface area contributed by atoms with Crippen molar-refractivity contribution in [2.75, 3.05) is 18.0 Å². The fraction of sp³-hybridized carbons (Fsp3) is 0.615. The second kappa shape index (κ2) is 4.23. The van der Waals surface area contributed by atoms with Gasteiger partial charge in [0.25, 0.3) is 5.78 Å². The molecule has 0 aromatic carbocycles. The summed E-state index contributed by atoms with van der Waals surface area (Å²) >= 11 is 0. The molecule has 0 amide bonds. The molecule has 0 bridgehead atoms. The predicted octanol–water partition coefficient (Wildman–Crippen LogP) is 1.92. The van der Waals surface area contributed by atoms with Gasteiger partial charge in [-0.3, -0.25) is 0 Å². The van der Waals surface area contributed by atoms with Crippen LogP contribution in [0, 0.1) is 18.8 Å². The highest BCUT2D eigenvalue weighted by Crippen LogP contribution is 2.26. The van der Waals surface area contributed by atoms with Crippen molar-refractivity contribution in [2.24, 2.45) is 11.8 Å². The molecule has 1 fully saturated rings. The number of hydrogen-bond acceptors (Lipinski definition) is 4. The lowest BCUT2D eigenvalue weighted by atomic mass is 9.92. The molecule has 1 aliphatic heterocycles. The highest BCUT2D eigenvalue weighted by Gasteiger charge is 2.24. The number of nitrogens with zero attached hydrogens (tertiary/aromatic N) is 5. The van der Waals surface area contributed by atoms with E-state index in [1.807, 2.05) is 11.4 Å². The van der Waals surface area contributed by atoms with Crippen molar-refractivity contribution in [2.45, 2.75) is 27.2 Å². The van der Waals surface area contributed by atoms with Crippen LogP contribution in [0.3, 0.4) is 0 Å². The largest absolute Gasteiger partial charge is 0.356 e. The summed E-state index contributed by atoms with van der Waals surface area (Å²) in [5.74, 6) is 3.26. The van der Waals surface area contributed by atoms with Gasteiger partial charge in [-0.1, -0.05) is 13.8 Å². The average Bonchev–Trinajstić information content (AvgIpc) is 2.74. The molecule has 96 valence electrons. The van der Waals surface area contributed by atoms with E-state index in [1.165, 1.54) is 6.42 Å². The van der Waals surface area contributed by atoms with E-state index in [4.69, 9.17) is 0 Å². The molecular weight excluding hydrogens is 226 g/mol. The summed E-state index contributed by atoms with van der Waals surface area (Å²) in [5.41, 5.74) is 0.997. The zero-order valence-corrected chi connectivity index (χ0v) is 11.2. The summed E-state index contributed by atoms with van der Waals surface area (Å²) < 4.78 is 1.84. The molecule has 3 rings (SSSR count). The topological polar surface area (TPSA) is 46.3 Å². The van der Waals surface area contributed by atoms with Crippen LogP contribution in [0.5, 0.6) is 0 Å². The first-order chi connectivity index (χ1) is 8.63. The molecule has 0 saturated carbocycles. The maximum absolute atomic E-state index is 4.39. The summed E-state index contributed by atoms with van der Waals surface area (Å²) in [7, 11) is 0. The Labute approximate surface area is 107 Å². The van der Waals surface area contributed by atoms with Crippen LogP contribution in [0.25, 0.3) is 5.78 Å². The van der Waals surface area contributed by atoms with E-state index in [-0.39, 0.29) is 0 Å². The molecule has 0 spiro atoms. The fourth-order valence-corrected chi connectivity index (χ4v) is 2.99. The predicted molar refractivity (Wildman–Crippen MR) is 70.7 cm³/mol. The molecule has 0 N–H and O–H groups in total. The molecule has 0 aliphatic carbocycles. The van der Waals surface area contributed by atoms with Gasteiger partial charge in [-0.25, -0.2) is 4.98 Å². The molecule has 2 aromatic heterocycles. The van der Waals surface area contributed by atoms with Gasteiger partial charge in [0, 0.05) is 24.8 Å². The Kier molecular flexibility index (Phi) is 2.69. The molecule has 3 heterocycles. The van der Waals surface area contributed by atoms with Crippen molar-refractivity contribution in [1.82, 2.24) is 19.6 Å². The number of rotatable bonds is 1. The number of hydrogen-bond donors (Lipinski definition) is 0. The zero-order chi connectivity index (χ0) is 12.7. The summed E-state index contributed by atoms with van der Waals surface area (Å²) in [4.78, 5) is 11.0. The Morgan fingerprint density at radius 3 is 2.67 bits per heavy atom. The molecular formula is C13H19N5. The number of piperidine rings is 1. The van der Waals surface area contributed by atoms with Crippen molar-refractivity contribution in [1.29, 1.82) is 0 Å². The summed E-state index contributed by atoms with van der Waals surface area (Å²) in [5, 5.41) is 4.29. The van der Waals surface area contributed by atoms with Gasteiger partial charge in [0.15, 0.2) is 0 Å². The molecule has 0 radical (unpaired) electrons. The van der Waals surface area contributed by atoms with E-state index in [0.29, 0.717) is 5.78 Å². The van der Waals surface area contributed by atoms with Gasteiger partial charge < -0.3 is 4.90 Å². The van der Waals surface area contributed by atoms with Crippen molar-refractivity contribution in [3.05, 3.63) is 18.1 Å². The standard InChI is InChI=1S/C13H19N5/c1-9-4-10(2)7-17(6-9)12-5-11(3)16-13-14-8-15-18(12)13/h5,8-10H,4,6-7H2,1-3H3. The Balaban J connectivity index is 2.05. The van der Waals surface area contributed by atoms with Crippen LogP contribution in [0.2, 0.25) is 0 Å². The highest BCUT2D eigenvalue weighted by molar-refractivity contribution is 5.47. The second-order valence-corrected chi connectivity index (χ2v) is 5.58. The van der Waals surface area contributed by atoms with Crippen LogP contribution in [-0.4, -0.2) is 32.7 Å². The Morgan fingerprint density at radius 2 is 1.94 bits per heavy atom. The van der Waals surface area contributed by atoms with Gasteiger partial charge in [-0.15, -0.1) is 0 Å². The van der Waals surface area contributed by atoms with E-state index in [1.54, 1.807) is 6.33 Å². The Bertz CT molecular complexity index is 552. The van der Waals surface area contributed by atoms with Gasteiger partial charge >= 0.3 is 0 Å². The van der Waals surface area contributed by atoms with E-state index in [0.717, 1.165) is 36.4 Å². The molecule has 1 saturated heterocycles. The lowest BCUT2D eigenvalue weighted by Crippen LogP contribution is -2.39. The molecule has 2 aromatic rings. The number of aromatic nitrogens is 4. The third-order valence-corrected chi connectivity index (χ3v) is 3.55. The monoisotopic (exact) mass is 245 g/mol.